The normalized spacial score (nSPS) is 17.1. The Hall–Kier alpha value is -2.39. The van der Waals surface area contributed by atoms with Crippen molar-refractivity contribution in [2.75, 3.05) is 38.2 Å². The number of thiophene rings is 1. The minimum Gasteiger partial charge on any atom is -0.497 e. The molecule has 0 unspecified atom stereocenters. The number of piperazine rings is 1. The van der Waals surface area contributed by atoms with Crippen molar-refractivity contribution in [3.63, 3.8) is 0 Å². The fourth-order valence-corrected chi connectivity index (χ4v) is 6.46. The summed E-state index contributed by atoms with van der Waals surface area (Å²) in [6.45, 7) is 5.43. The van der Waals surface area contributed by atoms with Crippen LogP contribution >= 0.6 is 11.3 Å². The number of nitrogens with one attached hydrogen (secondary N) is 1. The number of nitrogens with zero attached hydrogens (tertiary/aromatic N) is 2. The van der Waals surface area contributed by atoms with E-state index in [1.54, 1.807) is 42.7 Å². The highest BCUT2D eigenvalue weighted by atomic mass is 32.2. The summed E-state index contributed by atoms with van der Waals surface area (Å²) in [5.41, 5.74) is 1.18. The summed E-state index contributed by atoms with van der Waals surface area (Å²) >= 11 is 1.67. The molecule has 3 aromatic rings. The molecule has 0 radical (unpaired) electrons. The van der Waals surface area contributed by atoms with Gasteiger partial charge in [0.15, 0.2) is 0 Å². The van der Waals surface area contributed by atoms with Crippen LogP contribution in [-0.2, 0) is 10.0 Å². The van der Waals surface area contributed by atoms with E-state index >= 15 is 0 Å². The molecular formula is C24H29N3O3S2. The molecule has 1 aromatic heterocycles. The molecule has 170 valence electrons. The van der Waals surface area contributed by atoms with Crippen molar-refractivity contribution in [1.82, 2.24) is 9.62 Å². The summed E-state index contributed by atoms with van der Waals surface area (Å²) in [7, 11) is -1.92. The third-order valence-corrected chi connectivity index (χ3v) is 8.37. The van der Waals surface area contributed by atoms with Crippen molar-refractivity contribution in [3.8, 4) is 5.75 Å². The summed E-state index contributed by atoms with van der Waals surface area (Å²) in [4.78, 5) is 6.22. The number of hydrogen-bond donors (Lipinski definition) is 1. The number of hydrogen-bond acceptors (Lipinski definition) is 6. The lowest BCUT2D eigenvalue weighted by Gasteiger charge is -2.42. The molecule has 6 nitrogen and oxygen atoms in total. The Morgan fingerprint density at radius 1 is 0.938 bits per heavy atom. The molecular weight excluding hydrogens is 442 g/mol. The molecule has 1 fully saturated rings. The van der Waals surface area contributed by atoms with Crippen LogP contribution in [0.4, 0.5) is 5.69 Å². The van der Waals surface area contributed by atoms with E-state index in [0.717, 1.165) is 31.9 Å². The van der Waals surface area contributed by atoms with Gasteiger partial charge in [0.25, 0.3) is 0 Å². The molecule has 2 atom stereocenters. The number of anilines is 1. The minimum atomic E-state index is -3.59. The van der Waals surface area contributed by atoms with Crippen molar-refractivity contribution in [2.24, 2.45) is 0 Å². The smallest absolute Gasteiger partial charge is 0.240 e. The highest BCUT2D eigenvalue weighted by molar-refractivity contribution is 7.89. The molecule has 0 amide bonds. The topological polar surface area (TPSA) is 61.9 Å². The van der Waals surface area contributed by atoms with Crippen LogP contribution in [0.5, 0.6) is 5.75 Å². The minimum absolute atomic E-state index is 0.0218. The first-order valence-electron chi connectivity index (χ1n) is 10.7. The van der Waals surface area contributed by atoms with Crippen LogP contribution in [-0.4, -0.2) is 52.6 Å². The largest absolute Gasteiger partial charge is 0.497 e. The number of rotatable bonds is 8. The molecule has 1 saturated heterocycles. The summed E-state index contributed by atoms with van der Waals surface area (Å²) in [6.07, 6.45) is 0. The van der Waals surface area contributed by atoms with E-state index in [-0.39, 0.29) is 12.1 Å². The molecule has 2 heterocycles. The Labute approximate surface area is 194 Å². The molecule has 8 heteroatoms. The van der Waals surface area contributed by atoms with Gasteiger partial charge in [0.2, 0.25) is 10.0 Å². The average molecular weight is 472 g/mol. The number of sulfonamides is 1. The fourth-order valence-electron chi connectivity index (χ4n) is 4.23. The van der Waals surface area contributed by atoms with Crippen molar-refractivity contribution < 1.29 is 13.2 Å². The summed E-state index contributed by atoms with van der Waals surface area (Å²) in [5, 5.41) is 2.05. The van der Waals surface area contributed by atoms with E-state index in [0.29, 0.717) is 4.90 Å². The summed E-state index contributed by atoms with van der Waals surface area (Å²) in [6, 6.07) is 20.5. The van der Waals surface area contributed by atoms with Gasteiger partial charge in [0, 0.05) is 42.8 Å². The van der Waals surface area contributed by atoms with Gasteiger partial charge in [0.1, 0.15) is 5.75 Å². The van der Waals surface area contributed by atoms with E-state index in [9.17, 15) is 8.42 Å². The predicted octanol–water partition coefficient (Wildman–Crippen LogP) is 3.99. The third-order valence-electron chi connectivity index (χ3n) is 5.85. The van der Waals surface area contributed by atoms with Crippen LogP contribution in [0.3, 0.4) is 0 Å². The van der Waals surface area contributed by atoms with E-state index in [1.807, 2.05) is 36.6 Å². The van der Waals surface area contributed by atoms with Gasteiger partial charge in [-0.05, 0) is 54.8 Å². The van der Waals surface area contributed by atoms with E-state index in [1.165, 1.54) is 10.6 Å². The number of ether oxygens (including phenoxy) is 1. The molecule has 2 aromatic carbocycles. The molecule has 1 aliphatic heterocycles. The lowest BCUT2D eigenvalue weighted by atomic mass is 10.1. The Morgan fingerprint density at radius 2 is 1.62 bits per heavy atom. The molecule has 0 saturated carbocycles. The Bertz CT molecular complexity index is 1080. The van der Waals surface area contributed by atoms with Gasteiger partial charge in [-0.15, -0.1) is 11.3 Å². The maximum absolute atomic E-state index is 12.9. The highest BCUT2D eigenvalue weighted by Gasteiger charge is 2.32. The van der Waals surface area contributed by atoms with Crippen molar-refractivity contribution in [3.05, 3.63) is 77.0 Å². The van der Waals surface area contributed by atoms with Gasteiger partial charge >= 0.3 is 0 Å². The second kappa shape index (κ2) is 10.0. The molecule has 32 heavy (non-hydrogen) atoms. The van der Waals surface area contributed by atoms with Gasteiger partial charge in [-0.3, -0.25) is 4.90 Å². The number of methoxy groups -OCH3 is 1. The molecule has 1 N–H and O–H groups in total. The number of benzene rings is 2. The quantitative estimate of drug-likeness (QED) is 0.538. The van der Waals surface area contributed by atoms with Crippen molar-refractivity contribution in [2.45, 2.75) is 23.9 Å². The standard InChI is InChI=1S/C24H29N3O3S2/c1-19(25-32(28,29)22-7-4-3-5-8-22)24(23-9-6-18-31-23)27-16-14-26(15-17-27)20-10-12-21(30-2)13-11-20/h3-13,18-19,24-25H,14-17H2,1-2H3/t19-,24+/m1/s1. The SMILES string of the molecule is COc1ccc(N2CCN([C@H](c3cccs3)[C@@H](C)NS(=O)(=O)c3ccccc3)CC2)cc1. The maximum atomic E-state index is 12.9. The van der Waals surface area contributed by atoms with Gasteiger partial charge in [-0.1, -0.05) is 24.3 Å². The zero-order valence-corrected chi connectivity index (χ0v) is 20.0. The summed E-state index contributed by atoms with van der Waals surface area (Å²) in [5.74, 6) is 0.852. The zero-order chi connectivity index (χ0) is 22.6. The highest BCUT2D eigenvalue weighted by Crippen LogP contribution is 2.31. The lowest BCUT2D eigenvalue weighted by Crippen LogP contribution is -2.52. The Kier molecular flexibility index (Phi) is 7.15. The summed E-state index contributed by atoms with van der Waals surface area (Å²) < 4.78 is 34.1. The Balaban J connectivity index is 1.48. The second-order valence-corrected chi connectivity index (χ2v) is 10.6. The first kappa shape index (κ1) is 22.8. The fraction of sp³-hybridized carbons (Fsp3) is 0.333. The van der Waals surface area contributed by atoms with Gasteiger partial charge < -0.3 is 9.64 Å². The average Bonchev–Trinajstić information content (AvgIpc) is 3.34. The first-order valence-corrected chi connectivity index (χ1v) is 13.1. The van der Waals surface area contributed by atoms with Crippen LogP contribution in [0.25, 0.3) is 0 Å². The molecule has 0 spiro atoms. The van der Waals surface area contributed by atoms with Gasteiger partial charge in [-0.2, -0.15) is 0 Å². The van der Waals surface area contributed by atoms with Crippen LogP contribution in [0, 0.1) is 0 Å². The predicted molar refractivity (Wildman–Crippen MR) is 130 cm³/mol. The molecule has 4 rings (SSSR count). The molecule has 0 bridgehead atoms. The van der Waals surface area contributed by atoms with Gasteiger partial charge in [0.05, 0.1) is 18.0 Å². The van der Waals surface area contributed by atoms with E-state index in [4.69, 9.17) is 4.74 Å². The first-order chi connectivity index (χ1) is 15.5. The van der Waals surface area contributed by atoms with E-state index in [2.05, 4.69) is 32.7 Å². The van der Waals surface area contributed by atoms with Gasteiger partial charge in [-0.25, -0.2) is 13.1 Å². The monoisotopic (exact) mass is 471 g/mol. The van der Waals surface area contributed by atoms with Crippen molar-refractivity contribution in [1.29, 1.82) is 0 Å². The molecule has 1 aliphatic rings. The third kappa shape index (κ3) is 5.15. The lowest BCUT2D eigenvalue weighted by molar-refractivity contribution is 0.164. The second-order valence-electron chi connectivity index (χ2n) is 7.90. The Morgan fingerprint density at radius 3 is 2.22 bits per heavy atom. The van der Waals surface area contributed by atoms with Crippen LogP contribution in [0.1, 0.15) is 17.8 Å². The zero-order valence-electron chi connectivity index (χ0n) is 18.3. The maximum Gasteiger partial charge on any atom is 0.240 e. The van der Waals surface area contributed by atoms with E-state index < -0.39 is 10.0 Å². The van der Waals surface area contributed by atoms with Crippen molar-refractivity contribution >= 4 is 27.0 Å². The molecule has 0 aliphatic carbocycles. The van der Waals surface area contributed by atoms with Crippen LogP contribution in [0.15, 0.2) is 77.0 Å². The van der Waals surface area contributed by atoms with Crippen LogP contribution in [0.2, 0.25) is 0 Å². The van der Waals surface area contributed by atoms with Crippen LogP contribution < -0.4 is 14.4 Å².